The summed E-state index contributed by atoms with van der Waals surface area (Å²) >= 11 is 7.02. The number of nitro benzene ring substituents is 1. The van der Waals surface area contributed by atoms with Gasteiger partial charge in [0.05, 0.1) is 17.8 Å². The summed E-state index contributed by atoms with van der Waals surface area (Å²) in [6.07, 6.45) is 3.44. The summed E-state index contributed by atoms with van der Waals surface area (Å²) in [5, 5.41) is 14.2. The second kappa shape index (κ2) is 8.77. The van der Waals surface area contributed by atoms with E-state index in [0.717, 1.165) is 11.4 Å². The van der Waals surface area contributed by atoms with E-state index in [4.69, 9.17) is 16.3 Å². The number of anilines is 1. The molecule has 0 bridgehead atoms. The molecule has 0 saturated heterocycles. The maximum atomic E-state index is 12.2. The zero-order chi connectivity index (χ0) is 20.1. The molecule has 10 heteroatoms. The van der Waals surface area contributed by atoms with Crippen LogP contribution in [0.5, 0.6) is 5.75 Å². The van der Waals surface area contributed by atoms with E-state index in [1.165, 1.54) is 30.0 Å². The quantitative estimate of drug-likeness (QED) is 0.351. The summed E-state index contributed by atoms with van der Waals surface area (Å²) in [4.78, 5) is 26.8. The number of ether oxygens (including phenoxy) is 1. The van der Waals surface area contributed by atoms with Crippen LogP contribution in [-0.2, 0) is 4.79 Å². The Morgan fingerprint density at radius 1 is 1.32 bits per heavy atom. The third kappa shape index (κ3) is 4.62. The lowest BCUT2D eigenvalue weighted by molar-refractivity contribution is -0.384. The molecule has 8 nitrogen and oxygen atoms in total. The molecule has 0 aliphatic rings. The fraction of sp³-hybridized carbons (Fsp3) is 0.111. The Morgan fingerprint density at radius 2 is 2.07 bits per heavy atom. The van der Waals surface area contributed by atoms with Gasteiger partial charge < -0.3 is 10.1 Å². The van der Waals surface area contributed by atoms with Crippen molar-refractivity contribution in [2.75, 3.05) is 18.2 Å². The van der Waals surface area contributed by atoms with Crippen molar-refractivity contribution < 1.29 is 14.5 Å². The number of amides is 1. The second-order valence-corrected chi connectivity index (χ2v) is 6.89. The van der Waals surface area contributed by atoms with Gasteiger partial charge in [0.2, 0.25) is 5.91 Å². The first-order chi connectivity index (χ1) is 13.5. The molecule has 1 heterocycles. The minimum atomic E-state index is -0.599. The first-order valence-corrected chi connectivity index (χ1v) is 9.38. The van der Waals surface area contributed by atoms with Crippen LogP contribution in [0.2, 0.25) is 5.02 Å². The summed E-state index contributed by atoms with van der Waals surface area (Å²) in [6, 6.07) is 11.6. The van der Waals surface area contributed by atoms with Gasteiger partial charge in [-0.2, -0.15) is 0 Å². The number of aromatic nitrogens is 2. The molecule has 2 aromatic carbocycles. The number of nitrogens with one attached hydrogen (secondary N) is 1. The van der Waals surface area contributed by atoms with Crippen molar-refractivity contribution in [3.63, 3.8) is 0 Å². The van der Waals surface area contributed by atoms with Crippen molar-refractivity contribution >= 4 is 40.6 Å². The molecule has 1 N–H and O–H groups in total. The highest BCUT2D eigenvalue weighted by Crippen LogP contribution is 2.28. The number of hydrogen-bond acceptors (Lipinski definition) is 6. The van der Waals surface area contributed by atoms with Crippen molar-refractivity contribution in [3.8, 4) is 11.4 Å². The number of benzene rings is 2. The number of nitro groups is 1. The van der Waals surface area contributed by atoms with E-state index in [9.17, 15) is 14.9 Å². The lowest BCUT2D eigenvalue weighted by Gasteiger charge is -2.09. The molecular formula is C18H15ClN4O4S. The third-order valence-electron chi connectivity index (χ3n) is 3.72. The van der Waals surface area contributed by atoms with Crippen LogP contribution in [0.15, 0.2) is 60.0 Å². The van der Waals surface area contributed by atoms with E-state index in [1.807, 2.05) is 28.8 Å². The molecule has 28 heavy (non-hydrogen) atoms. The van der Waals surface area contributed by atoms with E-state index >= 15 is 0 Å². The highest BCUT2D eigenvalue weighted by Gasteiger charge is 2.15. The van der Waals surface area contributed by atoms with Gasteiger partial charge in [0.1, 0.15) is 10.8 Å². The van der Waals surface area contributed by atoms with E-state index in [0.29, 0.717) is 10.8 Å². The molecular weight excluding hydrogens is 404 g/mol. The molecule has 3 rings (SSSR count). The van der Waals surface area contributed by atoms with E-state index in [1.54, 1.807) is 19.5 Å². The van der Waals surface area contributed by atoms with Gasteiger partial charge in [-0.05, 0) is 36.4 Å². The summed E-state index contributed by atoms with van der Waals surface area (Å²) < 4.78 is 7.00. The summed E-state index contributed by atoms with van der Waals surface area (Å²) in [5.41, 5.74) is 0.928. The third-order valence-corrected chi connectivity index (χ3v) is 5.00. The van der Waals surface area contributed by atoms with Crippen molar-refractivity contribution in [2.24, 2.45) is 0 Å². The molecule has 3 aromatic rings. The van der Waals surface area contributed by atoms with Crippen LogP contribution in [0.4, 0.5) is 11.4 Å². The average Bonchev–Trinajstić information content (AvgIpc) is 3.16. The number of carbonyl (C=O) groups is 1. The first-order valence-electron chi connectivity index (χ1n) is 8.02. The highest BCUT2D eigenvalue weighted by atomic mass is 35.5. The van der Waals surface area contributed by atoms with Gasteiger partial charge in [0.25, 0.3) is 5.69 Å². The molecule has 1 amide bonds. The molecule has 0 aliphatic heterocycles. The largest absolute Gasteiger partial charge is 0.497 e. The van der Waals surface area contributed by atoms with Crippen LogP contribution in [-0.4, -0.2) is 33.2 Å². The molecule has 0 aliphatic carbocycles. The van der Waals surface area contributed by atoms with Crippen LogP contribution < -0.4 is 10.1 Å². The van der Waals surface area contributed by atoms with E-state index < -0.39 is 4.92 Å². The number of imidazole rings is 1. The Hall–Kier alpha value is -3.04. The molecule has 1 aromatic heterocycles. The van der Waals surface area contributed by atoms with Gasteiger partial charge in [-0.25, -0.2) is 4.98 Å². The zero-order valence-electron chi connectivity index (χ0n) is 14.7. The van der Waals surface area contributed by atoms with Crippen LogP contribution in [0.1, 0.15) is 0 Å². The minimum Gasteiger partial charge on any atom is -0.497 e. The standard InChI is InChI=1S/C18H15ClN4O4S/c1-27-14-5-3-13(4-6-14)22-9-8-20-18(22)28-11-17(24)21-12-2-7-15(19)16(10-12)23(25)26/h2-10H,11H2,1H3,(H,21,24). The minimum absolute atomic E-state index is 0.0129. The van der Waals surface area contributed by atoms with Crippen molar-refractivity contribution in [2.45, 2.75) is 5.16 Å². The lowest BCUT2D eigenvalue weighted by Crippen LogP contribution is -2.14. The predicted molar refractivity (Wildman–Crippen MR) is 108 cm³/mol. The maximum Gasteiger partial charge on any atom is 0.289 e. The number of nitrogens with zero attached hydrogens (tertiary/aromatic N) is 3. The number of rotatable bonds is 7. The Morgan fingerprint density at radius 3 is 2.75 bits per heavy atom. The lowest BCUT2D eigenvalue weighted by atomic mass is 10.3. The number of thioether (sulfide) groups is 1. The van der Waals surface area contributed by atoms with E-state index in [2.05, 4.69) is 10.3 Å². The molecule has 0 atom stereocenters. The van der Waals surface area contributed by atoms with Crippen molar-refractivity contribution in [1.29, 1.82) is 0 Å². The zero-order valence-corrected chi connectivity index (χ0v) is 16.2. The van der Waals surface area contributed by atoms with Gasteiger partial charge in [-0.1, -0.05) is 23.4 Å². The van der Waals surface area contributed by atoms with Gasteiger partial charge >= 0.3 is 0 Å². The Kier molecular flexibility index (Phi) is 6.17. The van der Waals surface area contributed by atoms with Gasteiger partial charge in [0, 0.05) is 29.8 Å². The second-order valence-electron chi connectivity index (χ2n) is 5.54. The fourth-order valence-corrected chi connectivity index (χ4v) is 3.35. The average molecular weight is 419 g/mol. The number of hydrogen-bond donors (Lipinski definition) is 1. The fourth-order valence-electron chi connectivity index (χ4n) is 2.39. The summed E-state index contributed by atoms with van der Waals surface area (Å²) in [6.45, 7) is 0. The monoisotopic (exact) mass is 418 g/mol. The normalized spacial score (nSPS) is 10.5. The molecule has 0 spiro atoms. The van der Waals surface area contributed by atoms with Crippen molar-refractivity contribution in [1.82, 2.24) is 9.55 Å². The van der Waals surface area contributed by atoms with Crippen LogP contribution in [0.3, 0.4) is 0 Å². The van der Waals surface area contributed by atoms with Crippen LogP contribution >= 0.6 is 23.4 Å². The first kappa shape index (κ1) is 19.7. The molecule has 0 fully saturated rings. The molecule has 0 saturated carbocycles. The Balaban J connectivity index is 1.65. The summed E-state index contributed by atoms with van der Waals surface area (Å²) in [7, 11) is 1.60. The topological polar surface area (TPSA) is 99.3 Å². The highest BCUT2D eigenvalue weighted by molar-refractivity contribution is 7.99. The number of carbonyl (C=O) groups excluding carboxylic acids is 1. The molecule has 144 valence electrons. The van der Waals surface area contributed by atoms with Crippen LogP contribution in [0, 0.1) is 10.1 Å². The van der Waals surface area contributed by atoms with Gasteiger partial charge in [-0.3, -0.25) is 19.5 Å². The van der Waals surface area contributed by atoms with Gasteiger partial charge in [-0.15, -0.1) is 0 Å². The van der Waals surface area contributed by atoms with Crippen LogP contribution in [0.25, 0.3) is 5.69 Å². The molecule has 0 unspecified atom stereocenters. The SMILES string of the molecule is COc1ccc(-n2ccnc2SCC(=O)Nc2ccc(Cl)c([N+](=O)[O-])c2)cc1. The Labute approximate surface area is 169 Å². The number of halogens is 1. The summed E-state index contributed by atoms with van der Waals surface area (Å²) in [5.74, 6) is 0.518. The Bertz CT molecular complexity index is 1010. The predicted octanol–water partition coefficient (Wildman–Crippen LogP) is 4.17. The smallest absolute Gasteiger partial charge is 0.289 e. The maximum absolute atomic E-state index is 12.2. The van der Waals surface area contributed by atoms with Crippen molar-refractivity contribution in [3.05, 3.63) is 70.0 Å². The van der Waals surface area contributed by atoms with E-state index in [-0.39, 0.29) is 22.4 Å². The van der Waals surface area contributed by atoms with Gasteiger partial charge in [0.15, 0.2) is 5.16 Å². The number of methoxy groups -OCH3 is 1. The molecule has 0 radical (unpaired) electrons.